The molecule has 166 valence electrons. The van der Waals surface area contributed by atoms with Crippen LogP contribution in [0.1, 0.15) is 0 Å². The van der Waals surface area contributed by atoms with Crippen LogP contribution in [0.3, 0.4) is 0 Å². The summed E-state index contributed by atoms with van der Waals surface area (Å²) in [4.78, 5) is 18.8. The van der Waals surface area contributed by atoms with Gasteiger partial charge in [-0.25, -0.2) is 9.37 Å². The van der Waals surface area contributed by atoms with Gasteiger partial charge in [0.15, 0.2) is 0 Å². The number of fused-ring (bicyclic) bond motifs is 2. The van der Waals surface area contributed by atoms with Crippen LogP contribution >= 0.6 is 0 Å². The quantitative estimate of drug-likeness (QED) is 0.375. The number of anilines is 1. The number of nitrogens with one attached hydrogen (secondary N) is 2. The molecule has 0 spiro atoms. The van der Waals surface area contributed by atoms with E-state index in [2.05, 4.69) is 36.2 Å². The summed E-state index contributed by atoms with van der Waals surface area (Å²) < 4.78 is 14.5. The molecule has 0 aliphatic heterocycles. The number of benzene rings is 1. The molecule has 8 heteroatoms. The Morgan fingerprint density at radius 1 is 0.882 bits per heavy atom. The maximum absolute atomic E-state index is 14.5. The van der Waals surface area contributed by atoms with Crippen molar-refractivity contribution in [3.63, 3.8) is 0 Å². The number of rotatable bonds is 4. The second-order valence-electron chi connectivity index (χ2n) is 8.30. The van der Waals surface area contributed by atoms with Crippen molar-refractivity contribution in [1.29, 1.82) is 0 Å². The molecular weight excluding hydrogens is 429 g/mol. The summed E-state index contributed by atoms with van der Waals surface area (Å²) >= 11 is 0. The van der Waals surface area contributed by atoms with Crippen molar-refractivity contribution < 1.29 is 4.39 Å². The lowest BCUT2D eigenvalue weighted by Crippen LogP contribution is -2.08. The van der Waals surface area contributed by atoms with Gasteiger partial charge in [-0.3, -0.25) is 15.1 Å². The molecule has 5 heterocycles. The Morgan fingerprint density at radius 3 is 2.62 bits per heavy atom. The second-order valence-corrected chi connectivity index (χ2v) is 8.30. The van der Waals surface area contributed by atoms with Gasteiger partial charge in [0.2, 0.25) is 0 Å². The molecule has 0 aliphatic rings. The Morgan fingerprint density at radius 2 is 1.76 bits per heavy atom. The van der Waals surface area contributed by atoms with Crippen molar-refractivity contribution in [3.8, 4) is 33.8 Å². The molecule has 34 heavy (non-hydrogen) atoms. The van der Waals surface area contributed by atoms with Gasteiger partial charge in [0.1, 0.15) is 17.2 Å². The Labute approximate surface area is 194 Å². The minimum absolute atomic E-state index is 0.271. The van der Waals surface area contributed by atoms with Gasteiger partial charge in [-0.05, 0) is 35.9 Å². The van der Waals surface area contributed by atoms with Gasteiger partial charge in [-0.15, -0.1) is 0 Å². The van der Waals surface area contributed by atoms with E-state index in [-0.39, 0.29) is 5.82 Å². The van der Waals surface area contributed by atoms with Crippen LogP contribution in [0.5, 0.6) is 0 Å². The molecule has 0 atom stereocenters. The summed E-state index contributed by atoms with van der Waals surface area (Å²) in [6.45, 7) is 0. The van der Waals surface area contributed by atoms with Crippen molar-refractivity contribution >= 4 is 27.6 Å². The number of H-pyrrole nitrogens is 2. The maximum Gasteiger partial charge on any atom is 0.138 e. The molecule has 0 radical (unpaired) electrons. The fourth-order valence-electron chi connectivity index (χ4n) is 4.16. The van der Waals surface area contributed by atoms with E-state index in [9.17, 15) is 4.39 Å². The summed E-state index contributed by atoms with van der Waals surface area (Å²) in [5, 5.41) is 9.34. The monoisotopic (exact) mass is 449 g/mol. The van der Waals surface area contributed by atoms with Crippen LogP contribution in [0.15, 0.2) is 73.3 Å². The minimum atomic E-state index is -0.271. The largest absolute Gasteiger partial charge is 0.376 e. The van der Waals surface area contributed by atoms with Crippen LogP contribution in [0, 0.1) is 5.82 Å². The summed E-state index contributed by atoms with van der Waals surface area (Å²) in [6, 6.07) is 14.6. The molecule has 2 N–H and O–H groups in total. The summed E-state index contributed by atoms with van der Waals surface area (Å²) in [5.74, 6) is -0.271. The third-order valence-corrected chi connectivity index (χ3v) is 5.93. The van der Waals surface area contributed by atoms with E-state index >= 15 is 0 Å². The Bertz CT molecular complexity index is 1670. The molecular formula is C26H20FN7. The molecule has 5 aromatic heterocycles. The zero-order valence-corrected chi connectivity index (χ0v) is 18.5. The molecule has 7 nitrogen and oxygen atoms in total. The third kappa shape index (κ3) is 3.27. The Balaban J connectivity index is 1.49. The van der Waals surface area contributed by atoms with E-state index in [1.807, 2.05) is 49.5 Å². The van der Waals surface area contributed by atoms with Crippen molar-refractivity contribution in [1.82, 2.24) is 30.1 Å². The number of aromatic amines is 2. The average molecular weight is 449 g/mol. The molecule has 0 aliphatic carbocycles. The van der Waals surface area contributed by atoms with E-state index in [1.54, 1.807) is 30.7 Å². The minimum Gasteiger partial charge on any atom is -0.376 e. The maximum atomic E-state index is 14.5. The normalized spacial score (nSPS) is 11.4. The molecule has 0 saturated heterocycles. The number of hydrogen-bond donors (Lipinski definition) is 2. The topological polar surface area (TPSA) is 86.4 Å². The average Bonchev–Trinajstić information content (AvgIpc) is 3.48. The van der Waals surface area contributed by atoms with Gasteiger partial charge in [0.05, 0.1) is 35.0 Å². The molecule has 0 saturated carbocycles. The number of nitrogens with zero attached hydrogens (tertiary/aromatic N) is 5. The molecule has 0 unspecified atom stereocenters. The predicted octanol–water partition coefficient (Wildman–Crippen LogP) is 5.44. The molecule has 0 fully saturated rings. The fraction of sp³-hybridized carbons (Fsp3) is 0.0769. The molecule has 1 aromatic carbocycles. The third-order valence-electron chi connectivity index (χ3n) is 5.93. The second kappa shape index (κ2) is 7.77. The first-order valence-electron chi connectivity index (χ1n) is 10.8. The number of halogens is 1. The smallest absolute Gasteiger partial charge is 0.138 e. The number of pyridine rings is 3. The van der Waals surface area contributed by atoms with Crippen LogP contribution < -0.4 is 4.90 Å². The first-order chi connectivity index (χ1) is 16.6. The molecule has 0 bridgehead atoms. The Hall–Kier alpha value is -4.59. The van der Waals surface area contributed by atoms with Gasteiger partial charge >= 0.3 is 0 Å². The highest BCUT2D eigenvalue weighted by Gasteiger charge is 2.16. The summed E-state index contributed by atoms with van der Waals surface area (Å²) in [7, 11) is 3.95. The van der Waals surface area contributed by atoms with Crippen molar-refractivity contribution in [2.45, 2.75) is 0 Å². The zero-order valence-electron chi connectivity index (χ0n) is 18.5. The predicted molar refractivity (Wildman–Crippen MR) is 132 cm³/mol. The number of aromatic nitrogens is 6. The van der Waals surface area contributed by atoms with Gasteiger partial charge in [-0.1, -0.05) is 18.2 Å². The summed E-state index contributed by atoms with van der Waals surface area (Å²) in [6.07, 6.45) is 7.07. The van der Waals surface area contributed by atoms with Gasteiger partial charge in [0, 0.05) is 48.4 Å². The number of hydrogen-bond acceptors (Lipinski definition) is 5. The molecule has 6 rings (SSSR count). The summed E-state index contributed by atoms with van der Waals surface area (Å²) in [5.41, 5.74) is 7.04. The highest BCUT2D eigenvalue weighted by molar-refractivity contribution is 6.00. The van der Waals surface area contributed by atoms with Crippen LogP contribution in [0.25, 0.3) is 55.7 Å². The Kier molecular flexibility index (Phi) is 4.58. The van der Waals surface area contributed by atoms with E-state index in [1.165, 1.54) is 6.07 Å². The van der Waals surface area contributed by atoms with E-state index < -0.39 is 0 Å². The first kappa shape index (κ1) is 20.0. The van der Waals surface area contributed by atoms with Crippen molar-refractivity contribution in [3.05, 3.63) is 79.1 Å². The standard InChI is InChI=1S/C26H20FN7/c1-34(2)16-9-15(12-28-13-16)22-11-20-24(14-30-22)32-33-25(20)23-10-19-17(7-8-29-26(19)31-23)18-5-3-4-6-21(18)27/h3-14H,1-2H3,(H,29,31)(H,32,33). The lowest BCUT2D eigenvalue weighted by atomic mass is 10.0. The van der Waals surface area contributed by atoms with Crippen LogP contribution in [0.2, 0.25) is 0 Å². The molecule has 0 amide bonds. The van der Waals surface area contributed by atoms with E-state index in [0.717, 1.165) is 50.2 Å². The highest BCUT2D eigenvalue weighted by Crippen LogP contribution is 2.35. The lowest BCUT2D eigenvalue weighted by Gasteiger charge is -2.12. The van der Waals surface area contributed by atoms with E-state index in [4.69, 9.17) is 0 Å². The van der Waals surface area contributed by atoms with Gasteiger partial charge < -0.3 is 9.88 Å². The van der Waals surface area contributed by atoms with Crippen LogP contribution in [-0.2, 0) is 0 Å². The van der Waals surface area contributed by atoms with Gasteiger partial charge in [0.25, 0.3) is 0 Å². The van der Waals surface area contributed by atoms with Crippen molar-refractivity contribution in [2.24, 2.45) is 0 Å². The zero-order chi connectivity index (χ0) is 23.2. The van der Waals surface area contributed by atoms with Crippen LogP contribution in [0.4, 0.5) is 10.1 Å². The highest BCUT2D eigenvalue weighted by atomic mass is 19.1. The van der Waals surface area contributed by atoms with Crippen LogP contribution in [-0.4, -0.2) is 44.2 Å². The van der Waals surface area contributed by atoms with Gasteiger partial charge in [-0.2, -0.15) is 5.10 Å². The lowest BCUT2D eigenvalue weighted by molar-refractivity contribution is 0.631. The van der Waals surface area contributed by atoms with E-state index in [0.29, 0.717) is 11.2 Å². The first-order valence-corrected chi connectivity index (χ1v) is 10.8. The van der Waals surface area contributed by atoms with Crippen molar-refractivity contribution in [2.75, 3.05) is 19.0 Å². The SMILES string of the molecule is CN(C)c1cncc(-c2cc3c(-c4cc5c(-c6ccccc6F)ccnc5[nH]4)n[nH]c3cn2)c1. The fourth-order valence-corrected chi connectivity index (χ4v) is 4.16. The molecule has 6 aromatic rings.